The Kier molecular flexibility index (Phi) is 7.21. The second-order valence-electron chi connectivity index (χ2n) is 4.82. The lowest BCUT2D eigenvalue weighted by Gasteiger charge is -2.21. The topological polar surface area (TPSA) is 41.6 Å². The first-order valence-electron chi connectivity index (χ1n) is 6.87. The van der Waals surface area contributed by atoms with Crippen molar-refractivity contribution in [3.8, 4) is 0 Å². The number of carbonyl (C=O) groups excluding carboxylic acids is 1. The largest absolute Gasteiger partial charge is 0.356 e. The number of rotatable bonds is 8. The molecule has 1 rings (SSSR count). The Hall–Kier alpha value is -0.610. The summed E-state index contributed by atoms with van der Waals surface area (Å²) in [5.74, 6) is 0.159. The molecule has 1 N–H and O–H groups in total. The van der Waals surface area contributed by atoms with Crippen LogP contribution < -0.4 is 5.32 Å². The smallest absolute Gasteiger partial charge is 0.219 e. The van der Waals surface area contributed by atoms with E-state index >= 15 is 0 Å². The predicted molar refractivity (Wildman–Crippen MR) is 68.5 cm³/mol. The highest BCUT2D eigenvalue weighted by Gasteiger charge is 2.17. The van der Waals surface area contributed by atoms with Crippen molar-refractivity contribution in [1.82, 2.24) is 10.4 Å². The summed E-state index contributed by atoms with van der Waals surface area (Å²) in [4.78, 5) is 17.0. The molecule has 0 saturated heterocycles. The number of hydrogen-bond acceptors (Lipinski definition) is 3. The minimum absolute atomic E-state index is 0.159. The van der Waals surface area contributed by atoms with E-state index in [0.717, 1.165) is 25.9 Å². The summed E-state index contributed by atoms with van der Waals surface area (Å²) in [6.07, 6.45) is 7.89. The van der Waals surface area contributed by atoms with Crippen LogP contribution in [0.25, 0.3) is 0 Å². The van der Waals surface area contributed by atoms with Crippen molar-refractivity contribution in [3.05, 3.63) is 0 Å². The zero-order valence-corrected chi connectivity index (χ0v) is 11.2. The van der Waals surface area contributed by atoms with Gasteiger partial charge in [0.05, 0.1) is 6.10 Å². The zero-order valence-electron chi connectivity index (χ0n) is 11.2. The van der Waals surface area contributed by atoms with Gasteiger partial charge in [0.25, 0.3) is 0 Å². The molecule has 0 atom stereocenters. The van der Waals surface area contributed by atoms with Crippen molar-refractivity contribution in [2.75, 3.05) is 20.1 Å². The first kappa shape index (κ1) is 14.5. The Morgan fingerprint density at radius 3 is 2.76 bits per heavy atom. The molecule has 1 fully saturated rings. The molecule has 0 unspecified atom stereocenters. The van der Waals surface area contributed by atoms with Gasteiger partial charge in [-0.3, -0.25) is 9.63 Å². The molecule has 4 heteroatoms. The van der Waals surface area contributed by atoms with Crippen LogP contribution in [-0.4, -0.2) is 37.2 Å². The molecule has 0 bridgehead atoms. The molecule has 0 spiro atoms. The minimum atomic E-state index is 0.159. The molecule has 0 aromatic heterocycles. The molecule has 0 aliphatic heterocycles. The highest BCUT2D eigenvalue weighted by atomic mass is 16.7. The van der Waals surface area contributed by atoms with E-state index in [-0.39, 0.29) is 5.91 Å². The Labute approximate surface area is 105 Å². The average Bonchev–Trinajstić information content (AvgIpc) is 2.77. The molecule has 4 nitrogen and oxygen atoms in total. The van der Waals surface area contributed by atoms with E-state index in [1.807, 2.05) is 19.0 Å². The lowest BCUT2D eigenvalue weighted by atomic mass is 10.3. The lowest BCUT2D eigenvalue weighted by molar-refractivity contribution is -0.178. The molecular formula is C13H26N2O2. The van der Waals surface area contributed by atoms with Crippen molar-refractivity contribution in [2.24, 2.45) is 0 Å². The predicted octanol–water partition coefficient (Wildman–Crippen LogP) is 2.10. The van der Waals surface area contributed by atoms with Crippen LogP contribution in [0, 0.1) is 0 Å². The van der Waals surface area contributed by atoms with E-state index < -0.39 is 0 Å². The lowest BCUT2D eigenvalue weighted by Crippen LogP contribution is -2.30. The maximum atomic E-state index is 11.2. The van der Waals surface area contributed by atoms with Crippen LogP contribution in [0.3, 0.4) is 0 Å². The fourth-order valence-corrected chi connectivity index (χ4v) is 2.15. The summed E-state index contributed by atoms with van der Waals surface area (Å²) >= 11 is 0. The molecule has 1 aliphatic rings. The fourth-order valence-electron chi connectivity index (χ4n) is 2.15. The second kappa shape index (κ2) is 8.48. The van der Waals surface area contributed by atoms with Gasteiger partial charge in [-0.05, 0) is 25.7 Å². The molecular weight excluding hydrogens is 216 g/mol. The highest BCUT2D eigenvalue weighted by molar-refractivity contribution is 5.75. The van der Waals surface area contributed by atoms with E-state index in [4.69, 9.17) is 4.84 Å². The third-order valence-electron chi connectivity index (χ3n) is 3.08. The quantitative estimate of drug-likeness (QED) is 0.523. The molecule has 0 heterocycles. The maximum Gasteiger partial charge on any atom is 0.219 e. The van der Waals surface area contributed by atoms with Crippen LogP contribution in [0.2, 0.25) is 0 Å². The van der Waals surface area contributed by atoms with Gasteiger partial charge in [-0.2, -0.15) is 5.06 Å². The van der Waals surface area contributed by atoms with Gasteiger partial charge in [0.1, 0.15) is 0 Å². The highest BCUT2D eigenvalue weighted by Crippen LogP contribution is 2.21. The van der Waals surface area contributed by atoms with E-state index in [1.165, 1.54) is 25.7 Å². The van der Waals surface area contributed by atoms with Gasteiger partial charge in [-0.15, -0.1) is 0 Å². The molecule has 17 heavy (non-hydrogen) atoms. The summed E-state index contributed by atoms with van der Waals surface area (Å²) in [5, 5.41) is 4.83. The number of carbonyl (C=O) groups is 1. The number of hydroxylamine groups is 2. The normalized spacial score (nSPS) is 16.6. The minimum Gasteiger partial charge on any atom is -0.356 e. The van der Waals surface area contributed by atoms with Crippen molar-refractivity contribution >= 4 is 5.91 Å². The first-order chi connectivity index (χ1) is 8.22. The van der Waals surface area contributed by atoms with Crippen molar-refractivity contribution in [1.29, 1.82) is 0 Å². The third kappa shape index (κ3) is 6.64. The van der Waals surface area contributed by atoms with Crippen LogP contribution in [0.5, 0.6) is 0 Å². The van der Waals surface area contributed by atoms with E-state index in [9.17, 15) is 4.79 Å². The zero-order chi connectivity index (χ0) is 12.5. The first-order valence-corrected chi connectivity index (χ1v) is 6.87. The standard InChI is InChI=1S/C13H26N2O2/c1-3-7-13(16)14-10-6-11-15(2)17-12-8-4-5-9-12/h12H,3-11H2,1-2H3,(H,14,16). The number of amides is 1. The Bertz CT molecular complexity index is 215. The molecule has 0 aromatic rings. The Morgan fingerprint density at radius 2 is 2.12 bits per heavy atom. The fraction of sp³-hybridized carbons (Fsp3) is 0.923. The maximum absolute atomic E-state index is 11.2. The number of nitrogens with zero attached hydrogens (tertiary/aromatic N) is 1. The Balaban J connectivity index is 1.96. The second-order valence-corrected chi connectivity index (χ2v) is 4.82. The van der Waals surface area contributed by atoms with Crippen molar-refractivity contribution < 1.29 is 9.63 Å². The molecule has 0 radical (unpaired) electrons. The van der Waals surface area contributed by atoms with Gasteiger partial charge in [-0.1, -0.05) is 19.8 Å². The van der Waals surface area contributed by atoms with Gasteiger partial charge < -0.3 is 5.32 Å². The van der Waals surface area contributed by atoms with E-state index in [0.29, 0.717) is 12.5 Å². The van der Waals surface area contributed by atoms with E-state index in [1.54, 1.807) is 0 Å². The average molecular weight is 242 g/mol. The number of hydrogen-bond donors (Lipinski definition) is 1. The SMILES string of the molecule is CCCC(=O)NCCCN(C)OC1CCCC1. The summed E-state index contributed by atoms with van der Waals surface area (Å²) in [6.45, 7) is 3.64. The summed E-state index contributed by atoms with van der Waals surface area (Å²) < 4.78 is 0. The Morgan fingerprint density at radius 1 is 1.41 bits per heavy atom. The molecule has 0 aromatic carbocycles. The molecule has 100 valence electrons. The molecule has 1 saturated carbocycles. The monoisotopic (exact) mass is 242 g/mol. The molecule has 1 amide bonds. The van der Waals surface area contributed by atoms with E-state index in [2.05, 4.69) is 5.32 Å². The third-order valence-corrected chi connectivity index (χ3v) is 3.08. The van der Waals surface area contributed by atoms with Crippen LogP contribution in [0.15, 0.2) is 0 Å². The van der Waals surface area contributed by atoms with Gasteiger partial charge in [0, 0.05) is 26.6 Å². The van der Waals surface area contributed by atoms with Crippen molar-refractivity contribution in [3.63, 3.8) is 0 Å². The van der Waals surface area contributed by atoms with Gasteiger partial charge in [-0.25, -0.2) is 0 Å². The summed E-state index contributed by atoms with van der Waals surface area (Å²) in [7, 11) is 1.98. The van der Waals surface area contributed by atoms with Crippen LogP contribution in [0.1, 0.15) is 51.9 Å². The molecule has 1 aliphatic carbocycles. The van der Waals surface area contributed by atoms with Crippen molar-refractivity contribution in [2.45, 2.75) is 58.0 Å². The van der Waals surface area contributed by atoms with Gasteiger partial charge in [0.15, 0.2) is 0 Å². The van der Waals surface area contributed by atoms with Crippen LogP contribution >= 0.6 is 0 Å². The van der Waals surface area contributed by atoms with Gasteiger partial charge in [0.2, 0.25) is 5.91 Å². The van der Waals surface area contributed by atoms with Gasteiger partial charge >= 0.3 is 0 Å². The summed E-state index contributed by atoms with van der Waals surface area (Å²) in [6, 6.07) is 0. The van der Waals surface area contributed by atoms with Crippen LogP contribution in [0.4, 0.5) is 0 Å². The summed E-state index contributed by atoms with van der Waals surface area (Å²) in [5.41, 5.74) is 0. The number of nitrogens with one attached hydrogen (secondary N) is 1. The van der Waals surface area contributed by atoms with Crippen LogP contribution in [-0.2, 0) is 9.63 Å².